The molecule has 1 aromatic carbocycles. The third-order valence-electron chi connectivity index (χ3n) is 2.06. The molecule has 0 amide bonds. The summed E-state index contributed by atoms with van der Waals surface area (Å²) >= 11 is 0. The summed E-state index contributed by atoms with van der Waals surface area (Å²) in [6.07, 6.45) is -9.87. The number of phenolic OH excluding ortho intramolecular Hbond substituents is 1. The maximum Gasteiger partial charge on any atom is 0.419 e. The summed E-state index contributed by atoms with van der Waals surface area (Å²) in [7, 11) is 0. The van der Waals surface area contributed by atoms with E-state index in [0.717, 1.165) is 6.07 Å². The van der Waals surface area contributed by atoms with Gasteiger partial charge in [0.15, 0.2) is 0 Å². The van der Waals surface area contributed by atoms with Gasteiger partial charge in [0.25, 0.3) is 0 Å². The van der Waals surface area contributed by atoms with Crippen LogP contribution in [0, 0.1) is 0 Å². The molecule has 0 aliphatic heterocycles. The molecular weight excluding hydrogens is 252 g/mol. The SMILES string of the molecule is N[C@@H](c1cccc(C(F)(F)F)c1O)C(F)(F)F. The second-order valence-electron chi connectivity index (χ2n) is 3.26. The third-order valence-corrected chi connectivity index (χ3v) is 2.06. The van der Waals surface area contributed by atoms with E-state index in [-0.39, 0.29) is 0 Å². The predicted octanol–water partition coefficient (Wildman–Crippen LogP) is 2.97. The smallest absolute Gasteiger partial charge is 0.419 e. The van der Waals surface area contributed by atoms with Crippen LogP contribution in [0.25, 0.3) is 0 Å². The molecule has 0 aromatic heterocycles. The average molecular weight is 259 g/mol. The minimum Gasteiger partial charge on any atom is -0.507 e. The minimum atomic E-state index is -4.94. The molecule has 1 atom stereocenters. The number of rotatable bonds is 1. The Morgan fingerprint density at radius 2 is 1.59 bits per heavy atom. The van der Waals surface area contributed by atoms with Crippen LogP contribution in [0.15, 0.2) is 18.2 Å². The van der Waals surface area contributed by atoms with Gasteiger partial charge in [-0.15, -0.1) is 0 Å². The zero-order chi connectivity index (χ0) is 13.4. The van der Waals surface area contributed by atoms with Gasteiger partial charge in [-0.2, -0.15) is 26.3 Å². The Hall–Kier alpha value is -1.44. The maximum absolute atomic E-state index is 12.3. The van der Waals surface area contributed by atoms with Crippen molar-refractivity contribution in [2.75, 3.05) is 0 Å². The summed E-state index contributed by atoms with van der Waals surface area (Å²) < 4.78 is 73.6. The second-order valence-corrected chi connectivity index (χ2v) is 3.26. The fourth-order valence-corrected chi connectivity index (χ4v) is 1.22. The molecule has 96 valence electrons. The summed E-state index contributed by atoms with van der Waals surface area (Å²) in [6, 6.07) is -0.737. The molecule has 0 spiro atoms. The molecule has 1 rings (SSSR count). The van der Waals surface area contributed by atoms with Crippen molar-refractivity contribution in [3.8, 4) is 5.75 Å². The summed E-state index contributed by atoms with van der Waals surface area (Å²) in [5.41, 5.74) is 2.18. The predicted molar refractivity (Wildman–Crippen MR) is 46.1 cm³/mol. The lowest BCUT2D eigenvalue weighted by molar-refractivity contribution is -0.151. The van der Waals surface area contributed by atoms with E-state index in [1.807, 2.05) is 0 Å². The lowest BCUT2D eigenvalue weighted by Gasteiger charge is -2.19. The standard InChI is InChI=1S/C9H7F6NO/c10-8(11,12)5-3-1-2-4(6(5)17)7(16)9(13,14)15/h1-3,7,17H,16H2/t7-/m0/s1. The highest BCUT2D eigenvalue weighted by atomic mass is 19.4. The van der Waals surface area contributed by atoms with Gasteiger partial charge in [-0.1, -0.05) is 12.1 Å². The van der Waals surface area contributed by atoms with Crippen LogP contribution in [0.1, 0.15) is 17.2 Å². The third kappa shape index (κ3) is 2.82. The number of halogens is 6. The van der Waals surface area contributed by atoms with Crippen LogP contribution < -0.4 is 5.73 Å². The zero-order valence-corrected chi connectivity index (χ0v) is 8.10. The number of phenols is 1. The molecular formula is C9H7F6NO. The topological polar surface area (TPSA) is 46.2 Å². The van der Waals surface area contributed by atoms with Gasteiger partial charge in [0.2, 0.25) is 0 Å². The van der Waals surface area contributed by atoms with Crippen LogP contribution in [0.2, 0.25) is 0 Å². The van der Waals surface area contributed by atoms with E-state index in [0.29, 0.717) is 12.1 Å². The zero-order valence-electron chi connectivity index (χ0n) is 8.10. The van der Waals surface area contributed by atoms with Crippen molar-refractivity contribution in [1.82, 2.24) is 0 Å². The molecule has 0 saturated heterocycles. The van der Waals surface area contributed by atoms with E-state index in [1.54, 1.807) is 0 Å². The van der Waals surface area contributed by atoms with Crippen LogP contribution in [0.5, 0.6) is 5.75 Å². The fraction of sp³-hybridized carbons (Fsp3) is 0.333. The number of hydrogen-bond acceptors (Lipinski definition) is 2. The molecule has 0 radical (unpaired) electrons. The van der Waals surface area contributed by atoms with Crippen molar-refractivity contribution < 1.29 is 31.4 Å². The number of nitrogens with two attached hydrogens (primary N) is 1. The highest BCUT2D eigenvalue weighted by molar-refractivity contribution is 5.44. The number of benzene rings is 1. The van der Waals surface area contributed by atoms with Crippen molar-refractivity contribution in [3.63, 3.8) is 0 Å². The van der Waals surface area contributed by atoms with Gasteiger partial charge in [0, 0.05) is 5.56 Å². The quantitative estimate of drug-likeness (QED) is 0.761. The van der Waals surface area contributed by atoms with Crippen molar-refractivity contribution in [1.29, 1.82) is 0 Å². The first-order chi connectivity index (χ1) is 7.55. The van der Waals surface area contributed by atoms with Crippen LogP contribution in [-0.4, -0.2) is 11.3 Å². The van der Waals surface area contributed by atoms with E-state index >= 15 is 0 Å². The first kappa shape index (κ1) is 13.6. The van der Waals surface area contributed by atoms with Gasteiger partial charge in [0.1, 0.15) is 11.8 Å². The van der Waals surface area contributed by atoms with E-state index in [9.17, 15) is 26.3 Å². The van der Waals surface area contributed by atoms with E-state index in [4.69, 9.17) is 10.8 Å². The summed E-state index contributed by atoms with van der Waals surface area (Å²) in [5, 5.41) is 9.16. The molecule has 1 aromatic rings. The molecule has 0 saturated carbocycles. The summed E-state index contributed by atoms with van der Waals surface area (Å²) in [4.78, 5) is 0. The van der Waals surface area contributed by atoms with Gasteiger partial charge in [-0.25, -0.2) is 0 Å². The second kappa shape index (κ2) is 4.10. The van der Waals surface area contributed by atoms with Gasteiger partial charge in [-0.05, 0) is 6.07 Å². The number of aromatic hydroxyl groups is 1. The molecule has 8 heteroatoms. The average Bonchev–Trinajstić information content (AvgIpc) is 2.13. The normalized spacial score (nSPS) is 14.8. The molecule has 0 aliphatic rings. The van der Waals surface area contributed by atoms with E-state index < -0.39 is 35.3 Å². The van der Waals surface area contributed by atoms with Crippen LogP contribution in [0.3, 0.4) is 0 Å². The van der Waals surface area contributed by atoms with Gasteiger partial charge < -0.3 is 10.8 Å². The molecule has 0 fully saturated rings. The Labute approximate surface area is 91.7 Å². The number of alkyl halides is 6. The molecule has 3 N–H and O–H groups in total. The Balaban J connectivity index is 3.30. The Kier molecular flexibility index (Phi) is 3.28. The first-order valence-corrected chi connectivity index (χ1v) is 4.26. The fourth-order valence-electron chi connectivity index (χ4n) is 1.22. The lowest BCUT2D eigenvalue weighted by atomic mass is 10.0. The Morgan fingerprint density at radius 1 is 1.06 bits per heavy atom. The summed E-state index contributed by atoms with van der Waals surface area (Å²) in [6.45, 7) is 0. The Bertz CT molecular complexity index is 411. The molecule has 0 heterocycles. The molecule has 0 aliphatic carbocycles. The van der Waals surface area contributed by atoms with Gasteiger partial charge in [0.05, 0.1) is 5.56 Å². The van der Waals surface area contributed by atoms with Crippen molar-refractivity contribution in [2.24, 2.45) is 5.73 Å². The highest BCUT2D eigenvalue weighted by Gasteiger charge is 2.42. The van der Waals surface area contributed by atoms with Gasteiger partial charge >= 0.3 is 12.4 Å². The molecule has 0 unspecified atom stereocenters. The largest absolute Gasteiger partial charge is 0.507 e. The number of para-hydroxylation sites is 1. The highest BCUT2D eigenvalue weighted by Crippen LogP contribution is 2.42. The minimum absolute atomic E-state index is 0.474. The van der Waals surface area contributed by atoms with Crippen LogP contribution >= 0.6 is 0 Å². The van der Waals surface area contributed by atoms with Crippen molar-refractivity contribution in [3.05, 3.63) is 29.3 Å². The van der Waals surface area contributed by atoms with Crippen molar-refractivity contribution in [2.45, 2.75) is 18.4 Å². The van der Waals surface area contributed by atoms with Crippen molar-refractivity contribution >= 4 is 0 Å². The van der Waals surface area contributed by atoms with E-state index in [1.165, 1.54) is 0 Å². The van der Waals surface area contributed by atoms with Crippen LogP contribution in [-0.2, 0) is 6.18 Å². The molecule has 2 nitrogen and oxygen atoms in total. The monoisotopic (exact) mass is 259 g/mol. The van der Waals surface area contributed by atoms with Crippen LogP contribution in [0.4, 0.5) is 26.3 Å². The molecule has 0 bridgehead atoms. The lowest BCUT2D eigenvalue weighted by Crippen LogP contribution is -2.28. The maximum atomic E-state index is 12.3. The van der Waals surface area contributed by atoms with E-state index in [2.05, 4.69) is 0 Å². The Morgan fingerprint density at radius 3 is 2.00 bits per heavy atom. The summed E-state index contributed by atoms with van der Waals surface area (Å²) in [5.74, 6) is -1.50. The molecule has 17 heavy (non-hydrogen) atoms. The number of hydrogen-bond donors (Lipinski definition) is 2. The van der Waals surface area contributed by atoms with Gasteiger partial charge in [-0.3, -0.25) is 0 Å². The first-order valence-electron chi connectivity index (χ1n) is 4.26.